The monoisotopic (exact) mass is 324 g/mol. The highest BCUT2D eigenvalue weighted by Crippen LogP contribution is 2.34. The highest BCUT2D eigenvalue weighted by molar-refractivity contribution is 6.30. The van der Waals surface area contributed by atoms with Crippen LogP contribution >= 0.6 is 11.6 Å². The van der Waals surface area contributed by atoms with Crippen LogP contribution in [0.25, 0.3) is 0 Å². The number of carbonyl (C=O) groups excluding carboxylic acids is 1. The highest BCUT2D eigenvalue weighted by Gasteiger charge is 2.30. The van der Waals surface area contributed by atoms with Gasteiger partial charge in [-0.15, -0.1) is 0 Å². The van der Waals surface area contributed by atoms with Crippen molar-refractivity contribution in [2.45, 2.75) is 37.8 Å². The van der Waals surface area contributed by atoms with Crippen LogP contribution in [0.1, 0.15) is 37.3 Å². The Labute approximate surface area is 135 Å². The Morgan fingerprint density at radius 1 is 1.41 bits per heavy atom. The molecule has 120 valence electrons. The molecule has 1 saturated heterocycles. The number of nitrogens with one attached hydrogen (secondary N) is 1. The smallest absolute Gasteiger partial charge is 0.318 e. The normalized spacial score (nSPS) is 24.4. The van der Waals surface area contributed by atoms with Gasteiger partial charge >= 0.3 is 6.03 Å². The quantitative estimate of drug-likeness (QED) is 0.879. The van der Waals surface area contributed by atoms with Crippen molar-refractivity contribution in [3.8, 4) is 5.75 Å². The van der Waals surface area contributed by atoms with E-state index in [4.69, 9.17) is 16.3 Å². The fraction of sp³-hybridized carbons (Fsp3) is 0.562. The second kappa shape index (κ2) is 6.75. The molecule has 22 heavy (non-hydrogen) atoms. The zero-order chi connectivity index (χ0) is 15.5. The predicted molar refractivity (Wildman–Crippen MR) is 84.3 cm³/mol. The lowest BCUT2D eigenvalue weighted by Crippen LogP contribution is -2.45. The van der Waals surface area contributed by atoms with E-state index in [0.717, 1.165) is 37.0 Å². The molecule has 0 aliphatic carbocycles. The molecule has 2 aliphatic heterocycles. The first kappa shape index (κ1) is 15.4. The zero-order valence-corrected chi connectivity index (χ0v) is 13.2. The van der Waals surface area contributed by atoms with Crippen molar-refractivity contribution >= 4 is 17.6 Å². The fourth-order valence-corrected chi connectivity index (χ4v) is 3.38. The van der Waals surface area contributed by atoms with E-state index < -0.39 is 0 Å². The minimum atomic E-state index is -0.107. The number of urea groups is 1. The maximum absolute atomic E-state index is 12.5. The average Bonchev–Trinajstić information content (AvgIpc) is 2.91. The lowest BCUT2D eigenvalue weighted by molar-refractivity contribution is 0.154. The van der Waals surface area contributed by atoms with E-state index in [2.05, 4.69) is 5.32 Å². The van der Waals surface area contributed by atoms with Crippen LogP contribution in [0.5, 0.6) is 5.75 Å². The first-order valence-corrected chi connectivity index (χ1v) is 8.17. The molecule has 1 fully saturated rings. The number of aliphatic hydroxyl groups is 1. The maximum Gasteiger partial charge on any atom is 0.318 e. The summed E-state index contributed by atoms with van der Waals surface area (Å²) < 4.78 is 5.72. The third-order valence-electron chi connectivity index (χ3n) is 4.39. The van der Waals surface area contributed by atoms with Crippen LogP contribution < -0.4 is 10.1 Å². The Morgan fingerprint density at radius 3 is 3.09 bits per heavy atom. The number of rotatable bonds is 2. The van der Waals surface area contributed by atoms with Gasteiger partial charge in [0.2, 0.25) is 0 Å². The summed E-state index contributed by atoms with van der Waals surface area (Å²) in [5, 5.41) is 13.1. The Bertz CT molecular complexity index is 552. The molecule has 2 heterocycles. The van der Waals surface area contributed by atoms with Crippen LogP contribution in [0.2, 0.25) is 5.02 Å². The number of hydrogen-bond donors (Lipinski definition) is 2. The van der Waals surface area contributed by atoms with Crippen LogP contribution in [0.15, 0.2) is 18.2 Å². The average molecular weight is 325 g/mol. The molecule has 1 aromatic carbocycles. The molecule has 0 spiro atoms. The van der Waals surface area contributed by atoms with Gasteiger partial charge in [0.15, 0.2) is 0 Å². The summed E-state index contributed by atoms with van der Waals surface area (Å²) in [4.78, 5) is 14.2. The third kappa shape index (κ3) is 3.15. The number of aliphatic hydroxyl groups excluding tert-OH is 1. The zero-order valence-electron chi connectivity index (χ0n) is 12.4. The van der Waals surface area contributed by atoms with Crippen molar-refractivity contribution in [3.63, 3.8) is 0 Å². The van der Waals surface area contributed by atoms with Crippen molar-refractivity contribution in [1.29, 1.82) is 0 Å². The molecule has 0 aromatic heterocycles. The van der Waals surface area contributed by atoms with Gasteiger partial charge < -0.3 is 20.1 Å². The highest BCUT2D eigenvalue weighted by atomic mass is 35.5. The second-order valence-corrected chi connectivity index (χ2v) is 6.28. The van der Waals surface area contributed by atoms with Gasteiger partial charge in [0.25, 0.3) is 0 Å². The van der Waals surface area contributed by atoms with Gasteiger partial charge in [-0.2, -0.15) is 0 Å². The van der Waals surface area contributed by atoms with Crippen LogP contribution in [0.4, 0.5) is 4.79 Å². The summed E-state index contributed by atoms with van der Waals surface area (Å²) in [6.45, 7) is 1.35. The minimum Gasteiger partial charge on any atom is -0.493 e. The molecule has 3 rings (SSSR count). The number of hydrogen-bond acceptors (Lipinski definition) is 3. The number of ether oxygens (including phenoxy) is 1. The van der Waals surface area contributed by atoms with E-state index in [9.17, 15) is 9.90 Å². The molecule has 2 amide bonds. The topological polar surface area (TPSA) is 61.8 Å². The van der Waals surface area contributed by atoms with Gasteiger partial charge in [-0.3, -0.25) is 0 Å². The van der Waals surface area contributed by atoms with Crippen molar-refractivity contribution in [2.24, 2.45) is 0 Å². The fourth-order valence-electron chi connectivity index (χ4n) is 3.22. The summed E-state index contributed by atoms with van der Waals surface area (Å²) in [5.74, 6) is 0.746. The predicted octanol–water partition coefficient (Wildman–Crippen LogP) is 2.72. The Hall–Kier alpha value is -1.46. The Kier molecular flexibility index (Phi) is 4.74. The molecule has 0 bridgehead atoms. The molecule has 2 N–H and O–H groups in total. The van der Waals surface area contributed by atoms with E-state index in [-0.39, 0.29) is 24.7 Å². The van der Waals surface area contributed by atoms with E-state index in [1.54, 1.807) is 11.0 Å². The summed E-state index contributed by atoms with van der Waals surface area (Å²) in [5.41, 5.74) is 0.968. The van der Waals surface area contributed by atoms with Crippen LogP contribution in [0, 0.1) is 0 Å². The number of nitrogens with zero attached hydrogens (tertiary/aromatic N) is 1. The Balaban J connectivity index is 1.76. The molecule has 6 heteroatoms. The van der Waals surface area contributed by atoms with Crippen molar-refractivity contribution < 1.29 is 14.6 Å². The lowest BCUT2D eigenvalue weighted by Gasteiger charge is -2.27. The molecular weight excluding hydrogens is 304 g/mol. The van der Waals surface area contributed by atoms with E-state index >= 15 is 0 Å². The minimum absolute atomic E-state index is 0.0212. The van der Waals surface area contributed by atoms with E-state index in [1.807, 2.05) is 12.1 Å². The standard InChI is InChI=1S/C16H21ClN2O3/c17-11-5-6-13-14(4-2-8-22-15(13)9-11)18-16(21)19-7-1-3-12(19)10-20/h5-6,9,12,14,20H,1-4,7-8,10H2,(H,18,21)/t12-,14?/m0/s1. The number of fused-ring (bicyclic) bond motifs is 1. The van der Waals surface area contributed by atoms with Crippen molar-refractivity contribution in [2.75, 3.05) is 19.8 Å². The van der Waals surface area contributed by atoms with Crippen LogP contribution in [0.3, 0.4) is 0 Å². The molecular formula is C16H21ClN2O3. The second-order valence-electron chi connectivity index (χ2n) is 5.85. The molecule has 2 atom stereocenters. The molecule has 1 aromatic rings. The van der Waals surface area contributed by atoms with Crippen LogP contribution in [-0.2, 0) is 0 Å². The van der Waals surface area contributed by atoms with E-state index in [0.29, 0.717) is 18.2 Å². The molecule has 5 nitrogen and oxygen atoms in total. The maximum atomic E-state index is 12.5. The Morgan fingerprint density at radius 2 is 2.27 bits per heavy atom. The summed E-state index contributed by atoms with van der Waals surface area (Å²) in [6, 6.07) is 5.29. The first-order chi connectivity index (χ1) is 10.7. The van der Waals surface area contributed by atoms with Crippen molar-refractivity contribution in [3.05, 3.63) is 28.8 Å². The molecule has 0 saturated carbocycles. The molecule has 2 aliphatic rings. The largest absolute Gasteiger partial charge is 0.493 e. The summed E-state index contributed by atoms with van der Waals surface area (Å²) >= 11 is 6.02. The van der Waals surface area contributed by atoms with Crippen LogP contribution in [-0.4, -0.2) is 41.8 Å². The number of benzene rings is 1. The number of likely N-dealkylation sites (tertiary alicyclic amines) is 1. The first-order valence-electron chi connectivity index (χ1n) is 7.79. The lowest BCUT2D eigenvalue weighted by atomic mass is 10.0. The number of amides is 2. The molecule has 0 radical (unpaired) electrons. The van der Waals surface area contributed by atoms with Gasteiger partial charge in [-0.25, -0.2) is 4.79 Å². The van der Waals surface area contributed by atoms with Gasteiger partial charge in [0, 0.05) is 17.1 Å². The number of halogens is 1. The summed E-state index contributed by atoms with van der Waals surface area (Å²) in [6.07, 6.45) is 3.52. The molecule has 1 unspecified atom stereocenters. The van der Waals surface area contributed by atoms with Gasteiger partial charge in [-0.05, 0) is 37.8 Å². The number of carbonyl (C=O) groups is 1. The van der Waals surface area contributed by atoms with Crippen molar-refractivity contribution in [1.82, 2.24) is 10.2 Å². The van der Waals surface area contributed by atoms with E-state index in [1.165, 1.54) is 0 Å². The third-order valence-corrected chi connectivity index (χ3v) is 4.63. The van der Waals surface area contributed by atoms with Gasteiger partial charge in [0.05, 0.1) is 25.3 Å². The van der Waals surface area contributed by atoms with Gasteiger partial charge in [-0.1, -0.05) is 17.7 Å². The SMILES string of the molecule is O=C(NC1CCCOc2cc(Cl)ccc21)N1CCC[C@H]1CO. The summed E-state index contributed by atoms with van der Waals surface area (Å²) in [7, 11) is 0. The van der Waals surface area contributed by atoms with Gasteiger partial charge in [0.1, 0.15) is 5.75 Å².